The molecule has 1 rings (SSSR count). The molecular formula is C15H23NO3. The smallest absolute Gasteiger partial charge is 0.307 e. The van der Waals surface area contributed by atoms with E-state index in [-0.39, 0.29) is 12.0 Å². The molecule has 1 aromatic rings. The SMILES string of the molecule is CCCNC(CC(=O)OC)Cc1ccc(OC)cc1. The van der Waals surface area contributed by atoms with E-state index < -0.39 is 0 Å². The maximum absolute atomic E-state index is 11.4. The summed E-state index contributed by atoms with van der Waals surface area (Å²) in [5, 5.41) is 3.38. The third-order valence-electron chi connectivity index (χ3n) is 2.96. The molecule has 4 nitrogen and oxygen atoms in total. The van der Waals surface area contributed by atoms with Gasteiger partial charge in [-0.15, -0.1) is 0 Å². The van der Waals surface area contributed by atoms with E-state index in [1.807, 2.05) is 24.3 Å². The van der Waals surface area contributed by atoms with Crippen LogP contribution in [0.2, 0.25) is 0 Å². The average Bonchev–Trinajstić information content (AvgIpc) is 2.45. The zero-order valence-corrected chi connectivity index (χ0v) is 11.9. The monoisotopic (exact) mass is 265 g/mol. The van der Waals surface area contributed by atoms with Crippen molar-refractivity contribution < 1.29 is 14.3 Å². The highest BCUT2D eigenvalue weighted by Crippen LogP contribution is 2.13. The lowest BCUT2D eigenvalue weighted by Gasteiger charge is -2.17. The number of carbonyl (C=O) groups is 1. The molecule has 0 saturated carbocycles. The lowest BCUT2D eigenvalue weighted by molar-refractivity contribution is -0.141. The van der Waals surface area contributed by atoms with Gasteiger partial charge in [0.2, 0.25) is 0 Å². The van der Waals surface area contributed by atoms with Crippen molar-refractivity contribution in [3.8, 4) is 5.75 Å². The molecule has 0 bridgehead atoms. The molecule has 0 aliphatic rings. The van der Waals surface area contributed by atoms with Crippen molar-refractivity contribution in [3.05, 3.63) is 29.8 Å². The van der Waals surface area contributed by atoms with Gasteiger partial charge in [0, 0.05) is 6.04 Å². The van der Waals surface area contributed by atoms with E-state index in [1.54, 1.807) is 7.11 Å². The van der Waals surface area contributed by atoms with Crippen LogP contribution >= 0.6 is 0 Å². The van der Waals surface area contributed by atoms with Gasteiger partial charge in [-0.3, -0.25) is 4.79 Å². The molecule has 106 valence electrons. The summed E-state index contributed by atoms with van der Waals surface area (Å²) in [6.07, 6.45) is 2.24. The minimum Gasteiger partial charge on any atom is -0.497 e. The Morgan fingerprint density at radius 1 is 1.26 bits per heavy atom. The van der Waals surface area contributed by atoms with E-state index in [0.29, 0.717) is 6.42 Å². The van der Waals surface area contributed by atoms with Crippen LogP contribution in [-0.2, 0) is 16.0 Å². The first kappa shape index (κ1) is 15.5. The quantitative estimate of drug-likeness (QED) is 0.732. The van der Waals surface area contributed by atoms with Gasteiger partial charge in [-0.1, -0.05) is 19.1 Å². The Balaban J connectivity index is 2.60. The van der Waals surface area contributed by atoms with Crippen molar-refractivity contribution in [1.29, 1.82) is 0 Å². The summed E-state index contributed by atoms with van der Waals surface area (Å²) in [6, 6.07) is 8.03. The van der Waals surface area contributed by atoms with E-state index in [0.717, 1.165) is 25.1 Å². The van der Waals surface area contributed by atoms with Crippen molar-refractivity contribution in [3.63, 3.8) is 0 Å². The zero-order chi connectivity index (χ0) is 14.1. The summed E-state index contributed by atoms with van der Waals surface area (Å²) in [4.78, 5) is 11.4. The summed E-state index contributed by atoms with van der Waals surface area (Å²) < 4.78 is 9.87. The largest absolute Gasteiger partial charge is 0.497 e. The minimum absolute atomic E-state index is 0.112. The highest BCUT2D eigenvalue weighted by atomic mass is 16.5. The lowest BCUT2D eigenvalue weighted by Crippen LogP contribution is -2.34. The molecule has 1 unspecified atom stereocenters. The van der Waals surface area contributed by atoms with Crippen LogP contribution in [0.15, 0.2) is 24.3 Å². The third-order valence-corrected chi connectivity index (χ3v) is 2.96. The maximum atomic E-state index is 11.4. The molecule has 19 heavy (non-hydrogen) atoms. The summed E-state index contributed by atoms with van der Waals surface area (Å²) >= 11 is 0. The van der Waals surface area contributed by atoms with Crippen molar-refractivity contribution in [1.82, 2.24) is 5.32 Å². The van der Waals surface area contributed by atoms with Crippen molar-refractivity contribution in [2.24, 2.45) is 0 Å². The van der Waals surface area contributed by atoms with Gasteiger partial charge in [-0.2, -0.15) is 0 Å². The molecule has 0 radical (unpaired) electrons. The first-order valence-electron chi connectivity index (χ1n) is 6.62. The van der Waals surface area contributed by atoms with Gasteiger partial charge in [-0.05, 0) is 37.1 Å². The predicted octanol–water partition coefficient (Wildman–Crippen LogP) is 2.17. The molecule has 0 aliphatic heterocycles. The lowest BCUT2D eigenvalue weighted by atomic mass is 10.0. The third kappa shape index (κ3) is 5.75. The van der Waals surface area contributed by atoms with Crippen LogP contribution < -0.4 is 10.1 Å². The molecule has 0 saturated heterocycles. The Bertz CT molecular complexity index is 375. The van der Waals surface area contributed by atoms with E-state index in [2.05, 4.69) is 12.2 Å². The molecule has 0 aromatic heterocycles. The second-order valence-corrected chi connectivity index (χ2v) is 4.48. The van der Waals surface area contributed by atoms with Gasteiger partial charge in [0.05, 0.1) is 20.6 Å². The molecule has 0 spiro atoms. The number of benzene rings is 1. The van der Waals surface area contributed by atoms with Gasteiger partial charge < -0.3 is 14.8 Å². The average molecular weight is 265 g/mol. The van der Waals surface area contributed by atoms with E-state index >= 15 is 0 Å². The number of rotatable bonds is 8. The number of methoxy groups -OCH3 is 2. The molecule has 0 amide bonds. The van der Waals surface area contributed by atoms with Gasteiger partial charge in [0.25, 0.3) is 0 Å². The van der Waals surface area contributed by atoms with Crippen LogP contribution in [0.4, 0.5) is 0 Å². The molecule has 0 aliphatic carbocycles. The standard InChI is InChI=1S/C15H23NO3/c1-4-9-16-13(11-15(17)19-3)10-12-5-7-14(18-2)8-6-12/h5-8,13,16H,4,9-11H2,1-3H3. The fourth-order valence-corrected chi connectivity index (χ4v) is 1.90. The molecule has 1 N–H and O–H groups in total. The summed E-state index contributed by atoms with van der Waals surface area (Å²) in [6.45, 7) is 3.01. The summed E-state index contributed by atoms with van der Waals surface area (Å²) in [5.74, 6) is 0.664. The van der Waals surface area contributed by atoms with Gasteiger partial charge in [-0.25, -0.2) is 0 Å². The van der Waals surface area contributed by atoms with Crippen LogP contribution in [0.25, 0.3) is 0 Å². The van der Waals surface area contributed by atoms with Crippen LogP contribution in [0, 0.1) is 0 Å². The molecule has 0 fully saturated rings. The minimum atomic E-state index is -0.179. The van der Waals surface area contributed by atoms with Crippen molar-refractivity contribution in [2.75, 3.05) is 20.8 Å². The highest BCUT2D eigenvalue weighted by molar-refractivity contribution is 5.70. The fraction of sp³-hybridized carbons (Fsp3) is 0.533. The van der Waals surface area contributed by atoms with E-state index in [1.165, 1.54) is 12.7 Å². The number of ether oxygens (including phenoxy) is 2. The Kier molecular flexibility index (Phi) is 6.97. The Labute approximate surface area is 115 Å². The molecular weight excluding hydrogens is 242 g/mol. The normalized spacial score (nSPS) is 11.9. The van der Waals surface area contributed by atoms with Gasteiger partial charge in [0.15, 0.2) is 0 Å². The molecule has 4 heteroatoms. The molecule has 0 heterocycles. The summed E-state index contributed by atoms with van der Waals surface area (Å²) in [5.41, 5.74) is 1.18. The van der Waals surface area contributed by atoms with Crippen LogP contribution in [0.5, 0.6) is 5.75 Å². The van der Waals surface area contributed by atoms with Crippen molar-refractivity contribution in [2.45, 2.75) is 32.2 Å². The van der Waals surface area contributed by atoms with Crippen molar-refractivity contribution >= 4 is 5.97 Å². The predicted molar refractivity (Wildman–Crippen MR) is 75.4 cm³/mol. The fourth-order valence-electron chi connectivity index (χ4n) is 1.90. The van der Waals surface area contributed by atoms with Gasteiger partial charge in [0.1, 0.15) is 5.75 Å². The van der Waals surface area contributed by atoms with E-state index in [9.17, 15) is 4.79 Å². The van der Waals surface area contributed by atoms with Crippen LogP contribution in [0.1, 0.15) is 25.3 Å². The number of nitrogens with one attached hydrogen (secondary N) is 1. The first-order chi connectivity index (χ1) is 9.19. The molecule has 1 aromatic carbocycles. The topological polar surface area (TPSA) is 47.6 Å². The van der Waals surface area contributed by atoms with Crippen LogP contribution in [-0.4, -0.2) is 32.8 Å². The molecule has 1 atom stereocenters. The number of carbonyl (C=O) groups excluding carboxylic acids is 1. The Morgan fingerprint density at radius 3 is 2.47 bits per heavy atom. The number of hydrogen-bond donors (Lipinski definition) is 1. The van der Waals surface area contributed by atoms with E-state index in [4.69, 9.17) is 9.47 Å². The maximum Gasteiger partial charge on any atom is 0.307 e. The first-order valence-corrected chi connectivity index (χ1v) is 6.62. The number of esters is 1. The zero-order valence-electron chi connectivity index (χ0n) is 11.9. The Morgan fingerprint density at radius 2 is 1.95 bits per heavy atom. The summed E-state index contributed by atoms with van der Waals surface area (Å²) in [7, 11) is 3.07. The van der Waals surface area contributed by atoms with Crippen LogP contribution in [0.3, 0.4) is 0 Å². The number of hydrogen-bond acceptors (Lipinski definition) is 4. The second-order valence-electron chi connectivity index (χ2n) is 4.48. The van der Waals surface area contributed by atoms with Gasteiger partial charge >= 0.3 is 5.97 Å². The highest BCUT2D eigenvalue weighted by Gasteiger charge is 2.14. The Hall–Kier alpha value is -1.55. The second kappa shape index (κ2) is 8.53.